The van der Waals surface area contributed by atoms with Gasteiger partial charge >= 0.3 is 11.9 Å². The average Bonchev–Trinajstić information content (AvgIpc) is 2.52. The van der Waals surface area contributed by atoms with Gasteiger partial charge in [0, 0.05) is 13.0 Å². The zero-order valence-electron chi connectivity index (χ0n) is 17.1. The van der Waals surface area contributed by atoms with Crippen LogP contribution < -0.4 is 0 Å². The predicted molar refractivity (Wildman–Crippen MR) is 103 cm³/mol. The van der Waals surface area contributed by atoms with E-state index >= 15 is 0 Å². The molecule has 0 aromatic rings. The molecule has 0 radical (unpaired) electrons. The van der Waals surface area contributed by atoms with E-state index in [1.807, 2.05) is 6.92 Å². The molecule has 0 aromatic carbocycles. The lowest BCUT2D eigenvalue weighted by molar-refractivity contribution is -0.169. The fraction of sp³-hybridized carbons (Fsp3) is 0.727. The highest BCUT2D eigenvalue weighted by Crippen LogP contribution is 2.62. The van der Waals surface area contributed by atoms with Crippen LogP contribution in [0.4, 0.5) is 0 Å². The van der Waals surface area contributed by atoms with Crippen molar-refractivity contribution in [2.45, 2.75) is 79.8 Å². The van der Waals surface area contributed by atoms with Gasteiger partial charge in [-0.1, -0.05) is 38.0 Å². The van der Waals surface area contributed by atoms with E-state index in [-0.39, 0.29) is 28.8 Å². The first-order chi connectivity index (χ1) is 12.0. The molecule has 26 heavy (non-hydrogen) atoms. The summed E-state index contributed by atoms with van der Waals surface area (Å²) in [5.74, 6) is -0.346. The normalized spacial score (nSPS) is 37.5. The van der Waals surface area contributed by atoms with Crippen LogP contribution in [0.3, 0.4) is 0 Å². The summed E-state index contributed by atoms with van der Waals surface area (Å²) in [6, 6.07) is 0. The van der Waals surface area contributed by atoms with Crippen LogP contribution >= 0.6 is 0 Å². The van der Waals surface area contributed by atoms with E-state index in [9.17, 15) is 9.59 Å². The molecule has 2 aliphatic rings. The van der Waals surface area contributed by atoms with Crippen molar-refractivity contribution in [2.75, 3.05) is 0 Å². The first-order valence-electron chi connectivity index (χ1n) is 9.75. The summed E-state index contributed by atoms with van der Waals surface area (Å²) in [6.45, 7) is 12.4. The van der Waals surface area contributed by atoms with Crippen molar-refractivity contribution < 1.29 is 19.4 Å². The minimum absolute atomic E-state index is 0.00373. The van der Waals surface area contributed by atoms with Crippen molar-refractivity contribution in [2.24, 2.45) is 22.7 Å². The first kappa shape index (κ1) is 20.7. The third-order valence-electron chi connectivity index (χ3n) is 7.34. The second-order valence-electron chi connectivity index (χ2n) is 8.91. The molecule has 0 aliphatic heterocycles. The molecule has 0 saturated heterocycles. The number of fused-ring (bicyclic) bond motifs is 1. The van der Waals surface area contributed by atoms with Gasteiger partial charge in [-0.25, -0.2) is 4.79 Å². The van der Waals surface area contributed by atoms with E-state index in [0.717, 1.165) is 37.7 Å². The molecule has 0 amide bonds. The second-order valence-corrected chi connectivity index (χ2v) is 8.91. The topological polar surface area (TPSA) is 63.6 Å². The fourth-order valence-electron chi connectivity index (χ4n) is 5.50. The lowest BCUT2D eigenvalue weighted by Gasteiger charge is -2.60. The first-order valence-corrected chi connectivity index (χ1v) is 9.75. The highest BCUT2D eigenvalue weighted by Gasteiger charge is 2.57. The number of aliphatic carboxylic acids is 1. The molecule has 0 unspecified atom stereocenters. The molecule has 5 atom stereocenters. The maximum absolute atomic E-state index is 11.7. The van der Waals surface area contributed by atoms with E-state index in [1.54, 1.807) is 0 Å². The Balaban J connectivity index is 2.37. The minimum atomic E-state index is -0.886. The van der Waals surface area contributed by atoms with Gasteiger partial charge in [-0.15, -0.1) is 0 Å². The van der Waals surface area contributed by atoms with Gasteiger partial charge in [-0.2, -0.15) is 0 Å². The van der Waals surface area contributed by atoms with Gasteiger partial charge in [0.05, 0.1) is 0 Å². The second kappa shape index (κ2) is 7.58. The number of carboxylic acid groups (broad SMARTS) is 1. The third-order valence-corrected chi connectivity index (χ3v) is 7.34. The van der Waals surface area contributed by atoms with E-state index in [2.05, 4.69) is 33.8 Å². The van der Waals surface area contributed by atoms with E-state index in [1.165, 1.54) is 18.6 Å². The number of hydrogen-bond acceptors (Lipinski definition) is 3. The Labute approximate surface area is 157 Å². The summed E-state index contributed by atoms with van der Waals surface area (Å²) < 4.78 is 5.76. The molecule has 4 nitrogen and oxygen atoms in total. The molecule has 0 aromatic heterocycles. The molecule has 146 valence electrons. The molecule has 4 heteroatoms. The number of carbonyl (C=O) groups is 2. The quantitative estimate of drug-likeness (QED) is 0.418. The summed E-state index contributed by atoms with van der Waals surface area (Å²) >= 11 is 0. The Bertz CT molecular complexity index is 632. The Hall–Kier alpha value is -1.58. The molecular formula is C22H34O4. The van der Waals surface area contributed by atoms with Crippen LogP contribution in [0.5, 0.6) is 0 Å². The van der Waals surface area contributed by atoms with Gasteiger partial charge < -0.3 is 9.84 Å². The maximum Gasteiger partial charge on any atom is 0.328 e. The molecule has 0 heterocycles. The standard InChI is InChI=1S/C22H34O4/c1-14(12-20(24)25)10-11-21(5)16(3)18(26-17(4)23)13-22(6)15(2)8-7-9-19(21)22/h8,12,16,18-19H,7,9-11,13H2,1-6H3,(H,24,25)/b14-12-/t16-,18-,19-,21+,22+/m1/s1. The maximum atomic E-state index is 11.7. The van der Waals surface area contributed by atoms with Crippen molar-refractivity contribution >= 4 is 11.9 Å². The Morgan fingerprint density at radius 3 is 2.58 bits per heavy atom. The number of ether oxygens (including phenoxy) is 1. The smallest absolute Gasteiger partial charge is 0.328 e. The van der Waals surface area contributed by atoms with Crippen LogP contribution in [0.15, 0.2) is 23.3 Å². The van der Waals surface area contributed by atoms with E-state index in [0.29, 0.717) is 5.92 Å². The summed E-state index contributed by atoms with van der Waals surface area (Å²) in [4.78, 5) is 22.6. The molecule has 1 fully saturated rings. The Morgan fingerprint density at radius 2 is 2.00 bits per heavy atom. The summed E-state index contributed by atoms with van der Waals surface area (Å²) in [6.07, 6.45) is 8.34. The highest BCUT2D eigenvalue weighted by atomic mass is 16.5. The lowest BCUT2D eigenvalue weighted by atomic mass is 9.46. The molecule has 0 spiro atoms. The van der Waals surface area contributed by atoms with E-state index < -0.39 is 5.97 Å². The number of carbonyl (C=O) groups excluding carboxylic acids is 1. The van der Waals surface area contributed by atoms with Crippen molar-refractivity contribution in [3.05, 3.63) is 23.3 Å². The fourth-order valence-corrected chi connectivity index (χ4v) is 5.50. The van der Waals surface area contributed by atoms with Crippen molar-refractivity contribution in [1.29, 1.82) is 0 Å². The van der Waals surface area contributed by atoms with Gasteiger partial charge in [-0.05, 0) is 68.6 Å². The molecule has 1 N–H and O–H groups in total. The number of esters is 1. The largest absolute Gasteiger partial charge is 0.478 e. The molecule has 2 rings (SSSR count). The molecule has 1 saturated carbocycles. The van der Waals surface area contributed by atoms with Crippen molar-refractivity contribution in [3.8, 4) is 0 Å². The Morgan fingerprint density at radius 1 is 1.35 bits per heavy atom. The summed E-state index contributed by atoms with van der Waals surface area (Å²) in [5.41, 5.74) is 2.33. The molecule has 0 bridgehead atoms. The zero-order valence-corrected chi connectivity index (χ0v) is 17.1. The predicted octanol–water partition coefficient (Wildman–Crippen LogP) is 5.14. The molecule has 2 aliphatic carbocycles. The van der Waals surface area contributed by atoms with Crippen LogP contribution in [0, 0.1) is 22.7 Å². The van der Waals surface area contributed by atoms with Crippen LogP contribution in [0.25, 0.3) is 0 Å². The Kier molecular flexibility index (Phi) is 6.04. The summed E-state index contributed by atoms with van der Waals surface area (Å²) in [5, 5.41) is 9.00. The van der Waals surface area contributed by atoms with Crippen molar-refractivity contribution in [3.63, 3.8) is 0 Å². The van der Waals surface area contributed by atoms with Crippen LogP contribution in [-0.4, -0.2) is 23.1 Å². The average molecular weight is 363 g/mol. The van der Waals surface area contributed by atoms with Crippen molar-refractivity contribution in [1.82, 2.24) is 0 Å². The van der Waals surface area contributed by atoms with E-state index in [4.69, 9.17) is 9.84 Å². The number of allylic oxidation sites excluding steroid dienone is 3. The van der Waals surface area contributed by atoms with Gasteiger partial charge in [0.25, 0.3) is 0 Å². The molecular weight excluding hydrogens is 328 g/mol. The van der Waals surface area contributed by atoms with Crippen LogP contribution in [0.2, 0.25) is 0 Å². The van der Waals surface area contributed by atoms with Crippen LogP contribution in [0.1, 0.15) is 73.6 Å². The third kappa shape index (κ3) is 3.89. The number of hydrogen-bond donors (Lipinski definition) is 1. The zero-order chi connectivity index (χ0) is 19.7. The van der Waals surface area contributed by atoms with Gasteiger partial charge in [0.1, 0.15) is 6.10 Å². The van der Waals surface area contributed by atoms with Gasteiger partial charge in [0.2, 0.25) is 0 Å². The number of carboxylic acids is 1. The highest BCUT2D eigenvalue weighted by molar-refractivity contribution is 5.80. The monoisotopic (exact) mass is 362 g/mol. The SMILES string of the molecule is CC(=O)O[C@@H]1C[C@@]2(C)C(C)=CCC[C@@H]2[C@@](C)(CC/C(C)=C\C(=O)O)[C@@H]1C. The summed E-state index contributed by atoms with van der Waals surface area (Å²) in [7, 11) is 0. The minimum Gasteiger partial charge on any atom is -0.478 e. The van der Waals surface area contributed by atoms with Gasteiger partial charge in [-0.3, -0.25) is 4.79 Å². The van der Waals surface area contributed by atoms with Gasteiger partial charge in [0.15, 0.2) is 0 Å². The number of rotatable bonds is 5. The lowest BCUT2D eigenvalue weighted by Crippen LogP contribution is -2.55. The van der Waals surface area contributed by atoms with Crippen LogP contribution in [-0.2, 0) is 14.3 Å².